The highest BCUT2D eigenvalue weighted by molar-refractivity contribution is 9.09. The molecular weight excluding hydrogens is 314 g/mol. The molecule has 2 rings (SSSR count). The molecule has 0 radical (unpaired) electrons. The Kier molecular flexibility index (Phi) is 5.21. The van der Waals surface area contributed by atoms with Crippen LogP contribution in [-0.4, -0.2) is 31.0 Å². The number of alkyl halides is 1. The molecule has 3 nitrogen and oxygen atoms in total. The number of ether oxygens (including phenoxy) is 1. The van der Waals surface area contributed by atoms with Crippen LogP contribution in [0.1, 0.15) is 29.2 Å². The fraction of sp³-hybridized carbons (Fsp3) is 0.615. The van der Waals surface area contributed by atoms with Crippen molar-refractivity contribution >= 4 is 33.2 Å². The van der Waals surface area contributed by atoms with Gasteiger partial charge in [0.05, 0.1) is 18.6 Å². The zero-order valence-corrected chi connectivity index (χ0v) is 12.9. The molecule has 2 atom stereocenters. The van der Waals surface area contributed by atoms with Gasteiger partial charge in [0, 0.05) is 17.3 Å². The van der Waals surface area contributed by atoms with Crippen molar-refractivity contribution in [3.8, 4) is 0 Å². The van der Waals surface area contributed by atoms with E-state index in [-0.39, 0.29) is 17.9 Å². The number of hydrogen-bond acceptors (Lipinski definition) is 3. The van der Waals surface area contributed by atoms with Crippen molar-refractivity contribution in [3.05, 3.63) is 21.9 Å². The number of fused-ring (bicyclic) bond motifs is 1. The SMILES string of the molecule is COCC(CBr)NC(=O)C1CCCc2sccc21. The van der Waals surface area contributed by atoms with Crippen LogP contribution in [0.15, 0.2) is 11.4 Å². The summed E-state index contributed by atoms with van der Waals surface area (Å²) in [6, 6.07) is 2.15. The second-order valence-corrected chi connectivity index (χ2v) is 6.21. The van der Waals surface area contributed by atoms with E-state index >= 15 is 0 Å². The van der Waals surface area contributed by atoms with E-state index in [0.717, 1.165) is 24.6 Å². The Morgan fingerprint density at radius 1 is 1.72 bits per heavy atom. The summed E-state index contributed by atoms with van der Waals surface area (Å²) in [5.74, 6) is 0.161. The highest BCUT2D eigenvalue weighted by atomic mass is 79.9. The van der Waals surface area contributed by atoms with Crippen molar-refractivity contribution in [2.75, 3.05) is 19.0 Å². The molecule has 0 saturated heterocycles. The largest absolute Gasteiger partial charge is 0.383 e. The maximum atomic E-state index is 12.3. The van der Waals surface area contributed by atoms with Crippen molar-refractivity contribution in [1.29, 1.82) is 0 Å². The van der Waals surface area contributed by atoms with Crippen LogP contribution in [-0.2, 0) is 16.0 Å². The average molecular weight is 332 g/mol. The first-order valence-electron chi connectivity index (χ1n) is 6.17. The first-order chi connectivity index (χ1) is 8.76. The fourth-order valence-electron chi connectivity index (χ4n) is 2.39. The molecule has 1 amide bonds. The van der Waals surface area contributed by atoms with Crippen LogP contribution in [0.5, 0.6) is 0 Å². The minimum Gasteiger partial charge on any atom is -0.383 e. The number of carbonyl (C=O) groups excluding carboxylic acids is 1. The lowest BCUT2D eigenvalue weighted by molar-refractivity contribution is -0.123. The minimum absolute atomic E-state index is 0.0263. The second-order valence-electron chi connectivity index (χ2n) is 4.56. The molecule has 1 aromatic heterocycles. The van der Waals surface area contributed by atoms with Gasteiger partial charge in [-0.05, 0) is 36.3 Å². The van der Waals surface area contributed by atoms with Gasteiger partial charge in [-0.15, -0.1) is 11.3 Å². The van der Waals surface area contributed by atoms with Crippen molar-refractivity contribution in [3.63, 3.8) is 0 Å². The summed E-state index contributed by atoms with van der Waals surface area (Å²) < 4.78 is 5.09. The molecule has 1 aromatic rings. The van der Waals surface area contributed by atoms with Gasteiger partial charge in [-0.2, -0.15) is 0 Å². The van der Waals surface area contributed by atoms with E-state index in [2.05, 4.69) is 32.7 Å². The fourth-order valence-corrected chi connectivity index (χ4v) is 3.72. The zero-order chi connectivity index (χ0) is 13.0. The van der Waals surface area contributed by atoms with Gasteiger partial charge in [0.15, 0.2) is 0 Å². The van der Waals surface area contributed by atoms with Gasteiger partial charge in [0.2, 0.25) is 5.91 Å². The van der Waals surface area contributed by atoms with Gasteiger partial charge < -0.3 is 10.1 Å². The van der Waals surface area contributed by atoms with Crippen LogP contribution in [0.3, 0.4) is 0 Å². The molecule has 0 saturated carbocycles. The van der Waals surface area contributed by atoms with Crippen LogP contribution >= 0.6 is 27.3 Å². The Balaban J connectivity index is 2.02. The van der Waals surface area contributed by atoms with Gasteiger partial charge in [-0.1, -0.05) is 15.9 Å². The summed E-state index contributed by atoms with van der Waals surface area (Å²) >= 11 is 5.17. The van der Waals surface area contributed by atoms with Crippen LogP contribution in [0, 0.1) is 0 Å². The predicted molar refractivity (Wildman–Crippen MR) is 77.6 cm³/mol. The van der Waals surface area contributed by atoms with Crippen molar-refractivity contribution in [1.82, 2.24) is 5.32 Å². The topological polar surface area (TPSA) is 38.3 Å². The lowest BCUT2D eigenvalue weighted by atomic mass is 9.87. The molecule has 0 aromatic carbocycles. The summed E-state index contributed by atoms with van der Waals surface area (Å²) in [5.41, 5.74) is 1.23. The Labute approximate surface area is 120 Å². The van der Waals surface area contributed by atoms with Crippen LogP contribution in [0.25, 0.3) is 0 Å². The first kappa shape index (κ1) is 14.0. The Bertz CT molecular complexity index is 407. The molecule has 2 unspecified atom stereocenters. The summed E-state index contributed by atoms with van der Waals surface area (Å²) in [6.45, 7) is 0.542. The zero-order valence-electron chi connectivity index (χ0n) is 10.4. The molecule has 0 spiro atoms. The van der Waals surface area contributed by atoms with E-state index in [0.29, 0.717) is 6.61 Å². The van der Waals surface area contributed by atoms with Crippen LogP contribution in [0.4, 0.5) is 0 Å². The van der Waals surface area contributed by atoms with Gasteiger partial charge in [-0.3, -0.25) is 4.79 Å². The lowest BCUT2D eigenvalue weighted by Gasteiger charge is -2.24. The average Bonchev–Trinajstić information content (AvgIpc) is 2.85. The molecule has 5 heteroatoms. The number of amides is 1. The number of hydrogen-bond donors (Lipinski definition) is 1. The third kappa shape index (κ3) is 3.13. The van der Waals surface area contributed by atoms with E-state index in [9.17, 15) is 4.79 Å². The number of carbonyl (C=O) groups is 1. The molecule has 0 aliphatic heterocycles. The predicted octanol–water partition coefficient (Wildman–Crippen LogP) is 2.69. The van der Waals surface area contributed by atoms with Gasteiger partial charge in [0.25, 0.3) is 0 Å². The lowest BCUT2D eigenvalue weighted by Crippen LogP contribution is -2.42. The van der Waals surface area contributed by atoms with Gasteiger partial charge >= 0.3 is 0 Å². The molecule has 0 bridgehead atoms. The van der Waals surface area contributed by atoms with Crippen LogP contribution in [0.2, 0.25) is 0 Å². The smallest absolute Gasteiger partial charge is 0.227 e. The number of aryl methyl sites for hydroxylation is 1. The number of thiophene rings is 1. The second kappa shape index (κ2) is 6.68. The molecule has 0 fully saturated rings. The Morgan fingerprint density at radius 2 is 2.56 bits per heavy atom. The first-order valence-corrected chi connectivity index (χ1v) is 8.18. The maximum absolute atomic E-state index is 12.3. The third-order valence-electron chi connectivity index (χ3n) is 3.27. The van der Waals surface area contributed by atoms with Crippen molar-refractivity contribution < 1.29 is 9.53 Å². The molecule has 1 aliphatic carbocycles. The van der Waals surface area contributed by atoms with Gasteiger partial charge in [0.1, 0.15) is 0 Å². The molecular formula is C13H18BrNO2S. The Morgan fingerprint density at radius 3 is 3.28 bits per heavy atom. The third-order valence-corrected chi connectivity index (χ3v) is 5.05. The monoisotopic (exact) mass is 331 g/mol. The van der Waals surface area contributed by atoms with E-state index < -0.39 is 0 Å². The molecule has 1 heterocycles. The minimum atomic E-state index is 0.0263. The van der Waals surface area contributed by atoms with Crippen molar-refractivity contribution in [2.45, 2.75) is 31.2 Å². The normalized spacial score (nSPS) is 20.2. The number of nitrogens with one attached hydrogen (secondary N) is 1. The quantitative estimate of drug-likeness (QED) is 0.842. The summed E-state index contributed by atoms with van der Waals surface area (Å²) in [5, 5.41) is 5.87. The standard InChI is InChI=1S/C13H18BrNO2S/c1-17-8-9(7-14)15-13(16)11-3-2-4-12-10(11)5-6-18-12/h5-6,9,11H,2-4,7-8H2,1H3,(H,15,16). The van der Waals surface area contributed by atoms with E-state index in [1.54, 1.807) is 18.4 Å². The number of halogens is 1. The highest BCUT2D eigenvalue weighted by Gasteiger charge is 2.28. The molecule has 1 N–H and O–H groups in total. The van der Waals surface area contributed by atoms with E-state index in [1.165, 1.54) is 10.4 Å². The van der Waals surface area contributed by atoms with E-state index in [4.69, 9.17) is 4.74 Å². The van der Waals surface area contributed by atoms with E-state index in [1.807, 2.05) is 0 Å². The molecule has 100 valence electrons. The summed E-state index contributed by atoms with van der Waals surface area (Å²) in [7, 11) is 1.65. The summed E-state index contributed by atoms with van der Waals surface area (Å²) in [4.78, 5) is 13.7. The molecule has 18 heavy (non-hydrogen) atoms. The van der Waals surface area contributed by atoms with Gasteiger partial charge in [-0.25, -0.2) is 0 Å². The van der Waals surface area contributed by atoms with Crippen LogP contribution < -0.4 is 5.32 Å². The molecule has 1 aliphatic rings. The van der Waals surface area contributed by atoms with Crippen molar-refractivity contribution in [2.24, 2.45) is 0 Å². The number of methoxy groups -OCH3 is 1. The summed E-state index contributed by atoms with van der Waals surface area (Å²) in [6.07, 6.45) is 3.18. The maximum Gasteiger partial charge on any atom is 0.227 e. The highest BCUT2D eigenvalue weighted by Crippen LogP contribution is 2.35. The Hall–Kier alpha value is -0.390. The number of rotatable bonds is 5.